The van der Waals surface area contributed by atoms with E-state index in [9.17, 15) is 13.2 Å². The van der Waals surface area contributed by atoms with Crippen LogP contribution in [0.15, 0.2) is 51.8 Å². The summed E-state index contributed by atoms with van der Waals surface area (Å²) >= 11 is 3.28. The van der Waals surface area contributed by atoms with Gasteiger partial charge in [-0.1, -0.05) is 48.0 Å². The van der Waals surface area contributed by atoms with Gasteiger partial charge in [0, 0.05) is 17.2 Å². The summed E-state index contributed by atoms with van der Waals surface area (Å²) in [5.74, 6) is -0.126. The third-order valence-corrected chi connectivity index (χ3v) is 6.43. The molecule has 2 aromatic rings. The van der Waals surface area contributed by atoms with Gasteiger partial charge in [0.25, 0.3) is 0 Å². The number of anilines is 1. The predicted octanol–water partition coefficient (Wildman–Crippen LogP) is 4.14. The topological polar surface area (TPSA) is 66.5 Å². The molecule has 1 N–H and O–H groups in total. The predicted molar refractivity (Wildman–Crippen MR) is 108 cm³/mol. The first-order valence-corrected chi connectivity index (χ1v) is 10.5. The van der Waals surface area contributed by atoms with E-state index in [1.807, 2.05) is 25.1 Å². The number of halogens is 1. The third kappa shape index (κ3) is 4.72. The number of nitrogens with zero attached hydrogens (tertiary/aromatic N) is 1. The van der Waals surface area contributed by atoms with Crippen LogP contribution in [0, 0.1) is 6.92 Å². The minimum absolute atomic E-state index is 0.148. The molecule has 0 aromatic heterocycles. The van der Waals surface area contributed by atoms with Crippen LogP contribution in [0.2, 0.25) is 0 Å². The van der Waals surface area contributed by atoms with Gasteiger partial charge in [0.15, 0.2) is 0 Å². The van der Waals surface area contributed by atoms with Crippen molar-refractivity contribution in [2.75, 3.05) is 18.9 Å². The van der Waals surface area contributed by atoms with Gasteiger partial charge in [-0.15, -0.1) is 0 Å². The maximum atomic E-state index is 12.6. The highest BCUT2D eigenvalue weighted by Gasteiger charge is 2.23. The van der Waals surface area contributed by atoms with Crippen molar-refractivity contribution < 1.29 is 13.2 Å². The van der Waals surface area contributed by atoms with E-state index in [2.05, 4.69) is 35.1 Å². The average molecular weight is 439 g/mol. The summed E-state index contributed by atoms with van der Waals surface area (Å²) in [7, 11) is -2.33. The molecule has 0 spiro atoms. The molecule has 0 aliphatic heterocycles. The van der Waals surface area contributed by atoms with Crippen LogP contribution in [0.4, 0.5) is 5.69 Å². The fraction of sp³-hybridized carbons (Fsp3) is 0.316. The number of likely N-dealkylation sites (N-methyl/N-ethyl adjacent to an activating group) is 1. The lowest BCUT2D eigenvalue weighted by molar-refractivity contribution is -0.116. The first-order valence-electron chi connectivity index (χ1n) is 8.24. The normalized spacial score (nSPS) is 11.8. The Kier molecular flexibility index (Phi) is 6.60. The highest BCUT2D eigenvalue weighted by molar-refractivity contribution is 9.10. The lowest BCUT2D eigenvalue weighted by Crippen LogP contribution is -2.35. The maximum absolute atomic E-state index is 12.6. The molecule has 7 heteroatoms. The number of carbonyl (C=O) groups is 1. The first kappa shape index (κ1) is 20.6. The Morgan fingerprint density at radius 2 is 1.77 bits per heavy atom. The second-order valence-electron chi connectivity index (χ2n) is 6.46. The second kappa shape index (κ2) is 8.33. The molecule has 0 aliphatic rings. The van der Waals surface area contributed by atoms with Crippen LogP contribution in [-0.2, 0) is 14.8 Å². The summed E-state index contributed by atoms with van der Waals surface area (Å²) in [6.45, 7) is 5.76. The molecule has 5 nitrogen and oxygen atoms in total. The monoisotopic (exact) mass is 438 g/mol. The van der Waals surface area contributed by atoms with Crippen LogP contribution >= 0.6 is 15.9 Å². The summed E-state index contributed by atoms with van der Waals surface area (Å²) in [5, 5.41) is 2.87. The van der Waals surface area contributed by atoms with Crippen molar-refractivity contribution in [1.29, 1.82) is 0 Å². The zero-order valence-corrected chi connectivity index (χ0v) is 17.7. The molecule has 0 saturated carbocycles. The highest BCUT2D eigenvalue weighted by atomic mass is 79.9. The molecule has 0 heterocycles. The van der Waals surface area contributed by atoms with E-state index in [4.69, 9.17) is 0 Å². The van der Waals surface area contributed by atoms with Crippen molar-refractivity contribution >= 4 is 37.5 Å². The molecule has 140 valence electrons. The molecule has 0 bridgehead atoms. The smallest absolute Gasteiger partial charge is 0.243 e. The molecule has 2 aromatic carbocycles. The van der Waals surface area contributed by atoms with E-state index < -0.39 is 10.0 Å². The number of benzene rings is 2. The highest BCUT2D eigenvalue weighted by Crippen LogP contribution is 2.27. The Bertz CT molecular complexity index is 894. The Balaban J connectivity index is 2.16. The lowest BCUT2D eigenvalue weighted by Gasteiger charge is -2.19. The van der Waals surface area contributed by atoms with Crippen LogP contribution in [0.25, 0.3) is 0 Å². The first-order chi connectivity index (χ1) is 12.1. The van der Waals surface area contributed by atoms with Gasteiger partial charge in [-0.3, -0.25) is 4.79 Å². The van der Waals surface area contributed by atoms with E-state index >= 15 is 0 Å². The number of para-hydroxylation sites is 1. The quantitative estimate of drug-likeness (QED) is 0.736. The summed E-state index contributed by atoms with van der Waals surface area (Å²) in [6.07, 6.45) is 0. The van der Waals surface area contributed by atoms with Crippen molar-refractivity contribution in [1.82, 2.24) is 4.31 Å². The molecular formula is C19H23BrN2O3S. The van der Waals surface area contributed by atoms with Crippen molar-refractivity contribution in [3.8, 4) is 0 Å². The standard InChI is InChI=1S/C19H23BrN2O3S/c1-13(2)17-7-5-6-14(3)19(17)21-18(23)12-22(4)26(24,25)16-10-8-15(20)9-11-16/h5-11,13H,12H2,1-4H3,(H,21,23). The summed E-state index contributed by atoms with van der Waals surface area (Å²) in [5.41, 5.74) is 2.72. The second-order valence-corrected chi connectivity index (χ2v) is 9.42. The van der Waals surface area contributed by atoms with Gasteiger partial charge in [-0.2, -0.15) is 4.31 Å². The zero-order valence-electron chi connectivity index (χ0n) is 15.3. The van der Waals surface area contributed by atoms with Crippen LogP contribution in [-0.4, -0.2) is 32.2 Å². The molecule has 1 amide bonds. The fourth-order valence-corrected chi connectivity index (χ4v) is 3.99. The number of hydrogen-bond donors (Lipinski definition) is 1. The molecule has 0 aliphatic carbocycles. The largest absolute Gasteiger partial charge is 0.324 e. The minimum atomic E-state index is -3.73. The van der Waals surface area contributed by atoms with Gasteiger partial charge in [0.1, 0.15) is 0 Å². The van der Waals surface area contributed by atoms with Crippen LogP contribution in [0.1, 0.15) is 30.9 Å². The Morgan fingerprint density at radius 3 is 2.35 bits per heavy atom. The van der Waals surface area contributed by atoms with E-state index in [1.54, 1.807) is 12.1 Å². The number of hydrogen-bond acceptors (Lipinski definition) is 3. The SMILES string of the molecule is Cc1cccc(C(C)C)c1NC(=O)CN(C)S(=O)(=O)c1ccc(Br)cc1. The van der Waals surface area contributed by atoms with Crippen LogP contribution in [0.5, 0.6) is 0 Å². The molecule has 2 rings (SSSR count). The third-order valence-electron chi connectivity index (χ3n) is 4.08. The fourth-order valence-electron chi connectivity index (χ4n) is 2.60. The zero-order chi connectivity index (χ0) is 19.5. The van der Waals surface area contributed by atoms with Crippen molar-refractivity contribution in [2.24, 2.45) is 0 Å². The molecule has 0 fully saturated rings. The van der Waals surface area contributed by atoms with Crippen molar-refractivity contribution in [3.63, 3.8) is 0 Å². The maximum Gasteiger partial charge on any atom is 0.243 e. The average Bonchev–Trinajstić information content (AvgIpc) is 2.56. The Labute approximate surface area is 163 Å². The van der Waals surface area contributed by atoms with Gasteiger partial charge in [-0.05, 0) is 48.2 Å². The number of aryl methyl sites for hydroxylation is 1. The lowest BCUT2D eigenvalue weighted by atomic mass is 9.98. The molecular weight excluding hydrogens is 416 g/mol. The van der Waals surface area contributed by atoms with Crippen LogP contribution < -0.4 is 5.32 Å². The molecule has 0 atom stereocenters. The Morgan fingerprint density at radius 1 is 1.15 bits per heavy atom. The molecule has 0 saturated heterocycles. The number of sulfonamides is 1. The van der Waals surface area contributed by atoms with Gasteiger partial charge >= 0.3 is 0 Å². The van der Waals surface area contributed by atoms with Gasteiger partial charge in [-0.25, -0.2) is 8.42 Å². The number of rotatable bonds is 6. The van der Waals surface area contributed by atoms with Crippen LogP contribution in [0.3, 0.4) is 0 Å². The van der Waals surface area contributed by atoms with Crippen molar-refractivity contribution in [3.05, 3.63) is 58.1 Å². The summed E-state index contributed by atoms with van der Waals surface area (Å²) in [6, 6.07) is 12.2. The van der Waals surface area contributed by atoms with E-state index in [1.165, 1.54) is 19.2 Å². The van der Waals surface area contributed by atoms with Gasteiger partial charge < -0.3 is 5.32 Å². The van der Waals surface area contributed by atoms with Crippen molar-refractivity contribution in [2.45, 2.75) is 31.6 Å². The molecule has 0 unspecified atom stereocenters. The summed E-state index contributed by atoms with van der Waals surface area (Å²) in [4.78, 5) is 12.6. The summed E-state index contributed by atoms with van der Waals surface area (Å²) < 4.78 is 27.1. The number of amides is 1. The van der Waals surface area contributed by atoms with E-state index in [-0.39, 0.29) is 23.3 Å². The number of carbonyl (C=O) groups excluding carboxylic acids is 1. The Hall–Kier alpha value is -1.70. The van der Waals surface area contributed by atoms with Gasteiger partial charge in [0.05, 0.1) is 11.4 Å². The van der Waals surface area contributed by atoms with Gasteiger partial charge in [0.2, 0.25) is 15.9 Å². The molecule has 0 radical (unpaired) electrons. The van der Waals surface area contributed by atoms with E-state index in [0.29, 0.717) is 0 Å². The number of nitrogens with one attached hydrogen (secondary N) is 1. The van der Waals surface area contributed by atoms with E-state index in [0.717, 1.165) is 25.6 Å². The minimum Gasteiger partial charge on any atom is -0.324 e. The molecule has 26 heavy (non-hydrogen) atoms.